The fourth-order valence-electron chi connectivity index (χ4n) is 2.27. The van der Waals surface area contributed by atoms with E-state index >= 15 is 0 Å². The van der Waals surface area contributed by atoms with Gasteiger partial charge >= 0.3 is 0 Å². The lowest BCUT2D eigenvalue weighted by atomic mass is 10.1. The van der Waals surface area contributed by atoms with Crippen molar-refractivity contribution in [2.45, 2.75) is 26.4 Å². The molecule has 1 aromatic carbocycles. The summed E-state index contributed by atoms with van der Waals surface area (Å²) in [7, 11) is 0. The van der Waals surface area contributed by atoms with Crippen LogP contribution in [0.2, 0.25) is 0 Å². The van der Waals surface area contributed by atoms with Crippen molar-refractivity contribution < 1.29 is 4.74 Å². The van der Waals surface area contributed by atoms with Gasteiger partial charge in [0.1, 0.15) is 5.75 Å². The van der Waals surface area contributed by atoms with E-state index < -0.39 is 0 Å². The maximum Gasteiger partial charge on any atom is 0.150 e. The zero-order valence-corrected chi connectivity index (χ0v) is 11.5. The lowest BCUT2D eigenvalue weighted by Crippen LogP contribution is -2.23. The largest absolute Gasteiger partial charge is 0.481 e. The number of anilines is 1. The number of hydrogen-bond acceptors (Lipinski definition) is 3. The van der Waals surface area contributed by atoms with Crippen molar-refractivity contribution in [3.05, 3.63) is 45.6 Å². The predicted octanol–water partition coefficient (Wildman–Crippen LogP) is 4.16. The Bertz CT molecular complexity index is 561. The summed E-state index contributed by atoms with van der Waals surface area (Å²) in [6.45, 7) is 5.14. The molecular weight excluding hydrogens is 242 g/mol. The third kappa shape index (κ3) is 1.99. The standard InChI is InChI=1S/C15H17NOS/c1-3-11-7-8-14(18-11)13-9-16-15-10(2)5-4-6-12(15)17-13/h4-8,13,16H,3,9H2,1-2H3. The molecule has 0 fully saturated rings. The maximum absolute atomic E-state index is 6.10. The highest BCUT2D eigenvalue weighted by Gasteiger charge is 2.22. The molecule has 0 saturated heterocycles. The Kier molecular flexibility index (Phi) is 3.00. The van der Waals surface area contributed by atoms with Gasteiger partial charge in [0.2, 0.25) is 0 Å². The summed E-state index contributed by atoms with van der Waals surface area (Å²) < 4.78 is 6.10. The third-order valence-electron chi connectivity index (χ3n) is 3.32. The maximum atomic E-state index is 6.10. The SMILES string of the molecule is CCc1ccc(C2CNc3c(C)cccc3O2)s1. The van der Waals surface area contributed by atoms with Gasteiger partial charge in [-0.1, -0.05) is 19.1 Å². The molecule has 0 saturated carbocycles. The fourth-order valence-corrected chi connectivity index (χ4v) is 3.25. The van der Waals surface area contributed by atoms with E-state index in [4.69, 9.17) is 4.74 Å². The molecule has 1 aliphatic rings. The Hall–Kier alpha value is -1.48. The second kappa shape index (κ2) is 4.65. The smallest absolute Gasteiger partial charge is 0.150 e. The van der Waals surface area contributed by atoms with Gasteiger partial charge in [-0.25, -0.2) is 0 Å². The molecule has 0 amide bonds. The summed E-state index contributed by atoms with van der Waals surface area (Å²) in [5.74, 6) is 0.970. The van der Waals surface area contributed by atoms with Crippen LogP contribution in [0.4, 0.5) is 5.69 Å². The zero-order chi connectivity index (χ0) is 12.5. The van der Waals surface area contributed by atoms with E-state index in [9.17, 15) is 0 Å². The van der Waals surface area contributed by atoms with Gasteiger partial charge in [-0.3, -0.25) is 0 Å². The first-order valence-corrected chi connectivity index (χ1v) is 7.18. The van der Waals surface area contributed by atoms with Gasteiger partial charge < -0.3 is 10.1 Å². The van der Waals surface area contributed by atoms with Crippen LogP contribution in [0.3, 0.4) is 0 Å². The van der Waals surface area contributed by atoms with Gasteiger partial charge in [-0.05, 0) is 37.1 Å². The van der Waals surface area contributed by atoms with Crippen LogP contribution < -0.4 is 10.1 Å². The first-order chi connectivity index (χ1) is 8.78. The molecule has 1 aromatic heterocycles. The third-order valence-corrected chi connectivity index (χ3v) is 4.64. The first kappa shape index (κ1) is 11.6. The number of para-hydroxylation sites is 1. The van der Waals surface area contributed by atoms with Crippen molar-refractivity contribution in [1.29, 1.82) is 0 Å². The molecule has 18 heavy (non-hydrogen) atoms. The van der Waals surface area contributed by atoms with Crippen molar-refractivity contribution in [3.8, 4) is 5.75 Å². The Morgan fingerprint density at radius 3 is 3.00 bits per heavy atom. The number of aryl methyl sites for hydroxylation is 2. The zero-order valence-electron chi connectivity index (χ0n) is 10.7. The van der Waals surface area contributed by atoms with Crippen LogP contribution in [-0.2, 0) is 6.42 Å². The Labute approximate surface area is 112 Å². The van der Waals surface area contributed by atoms with Gasteiger partial charge in [-0.2, -0.15) is 0 Å². The minimum absolute atomic E-state index is 0.143. The summed E-state index contributed by atoms with van der Waals surface area (Å²) >= 11 is 1.85. The van der Waals surface area contributed by atoms with Gasteiger partial charge in [0.15, 0.2) is 6.10 Å². The van der Waals surface area contributed by atoms with Crippen LogP contribution in [0.25, 0.3) is 0 Å². The van der Waals surface area contributed by atoms with Gasteiger partial charge in [0, 0.05) is 9.75 Å². The van der Waals surface area contributed by atoms with Crippen LogP contribution in [-0.4, -0.2) is 6.54 Å². The lowest BCUT2D eigenvalue weighted by molar-refractivity contribution is 0.214. The summed E-state index contributed by atoms with van der Waals surface area (Å²) in [6, 6.07) is 10.6. The molecule has 1 aliphatic heterocycles. The number of nitrogens with one attached hydrogen (secondary N) is 1. The number of ether oxygens (including phenoxy) is 1. The van der Waals surface area contributed by atoms with E-state index in [1.807, 2.05) is 23.5 Å². The van der Waals surface area contributed by atoms with Crippen LogP contribution >= 0.6 is 11.3 Å². The molecule has 1 N–H and O–H groups in total. The average Bonchev–Trinajstić information content (AvgIpc) is 2.87. The number of rotatable bonds is 2. The molecule has 1 unspecified atom stereocenters. The highest BCUT2D eigenvalue weighted by atomic mass is 32.1. The molecule has 94 valence electrons. The van der Waals surface area contributed by atoms with Crippen LogP contribution in [0.5, 0.6) is 5.75 Å². The second-order valence-corrected chi connectivity index (χ2v) is 5.79. The van der Waals surface area contributed by atoms with Crippen LogP contribution in [0, 0.1) is 6.92 Å². The van der Waals surface area contributed by atoms with Crippen LogP contribution in [0.1, 0.15) is 28.3 Å². The quantitative estimate of drug-likeness (QED) is 0.874. The fraction of sp³-hybridized carbons (Fsp3) is 0.333. The van der Waals surface area contributed by atoms with Crippen molar-refractivity contribution in [2.24, 2.45) is 0 Å². The normalized spacial score (nSPS) is 17.8. The first-order valence-electron chi connectivity index (χ1n) is 6.36. The molecule has 3 rings (SSSR count). The number of hydrogen-bond donors (Lipinski definition) is 1. The summed E-state index contributed by atoms with van der Waals surface area (Å²) in [5.41, 5.74) is 2.38. The Morgan fingerprint density at radius 2 is 2.22 bits per heavy atom. The summed E-state index contributed by atoms with van der Waals surface area (Å²) in [5, 5.41) is 3.49. The average molecular weight is 259 g/mol. The molecule has 3 heteroatoms. The molecule has 0 bridgehead atoms. The monoisotopic (exact) mass is 259 g/mol. The molecule has 0 radical (unpaired) electrons. The Morgan fingerprint density at radius 1 is 1.33 bits per heavy atom. The van der Waals surface area contributed by atoms with E-state index in [0.29, 0.717) is 0 Å². The topological polar surface area (TPSA) is 21.3 Å². The van der Waals surface area contributed by atoms with Crippen molar-refractivity contribution >= 4 is 17.0 Å². The van der Waals surface area contributed by atoms with Crippen molar-refractivity contribution in [1.82, 2.24) is 0 Å². The minimum Gasteiger partial charge on any atom is -0.481 e. The van der Waals surface area contributed by atoms with E-state index in [0.717, 1.165) is 24.4 Å². The van der Waals surface area contributed by atoms with Crippen molar-refractivity contribution in [2.75, 3.05) is 11.9 Å². The molecule has 0 aliphatic carbocycles. The van der Waals surface area contributed by atoms with E-state index in [2.05, 4.69) is 37.4 Å². The molecular formula is C15H17NOS. The minimum atomic E-state index is 0.143. The van der Waals surface area contributed by atoms with Gasteiger partial charge in [0.05, 0.1) is 12.2 Å². The number of thiophene rings is 1. The summed E-state index contributed by atoms with van der Waals surface area (Å²) in [4.78, 5) is 2.73. The molecule has 2 aromatic rings. The van der Waals surface area contributed by atoms with E-state index in [1.54, 1.807) is 0 Å². The predicted molar refractivity (Wildman–Crippen MR) is 76.7 cm³/mol. The molecule has 2 nitrogen and oxygen atoms in total. The van der Waals surface area contributed by atoms with Gasteiger partial charge in [0.25, 0.3) is 0 Å². The van der Waals surface area contributed by atoms with Crippen LogP contribution in [0.15, 0.2) is 30.3 Å². The van der Waals surface area contributed by atoms with Crippen molar-refractivity contribution in [3.63, 3.8) is 0 Å². The lowest BCUT2D eigenvalue weighted by Gasteiger charge is -2.27. The molecule has 2 heterocycles. The molecule has 0 spiro atoms. The number of fused-ring (bicyclic) bond motifs is 1. The highest BCUT2D eigenvalue weighted by Crippen LogP contribution is 2.37. The van der Waals surface area contributed by atoms with Gasteiger partial charge in [-0.15, -0.1) is 11.3 Å². The van der Waals surface area contributed by atoms with E-state index in [1.165, 1.54) is 15.3 Å². The summed E-state index contributed by atoms with van der Waals surface area (Å²) in [6.07, 6.45) is 1.24. The second-order valence-electron chi connectivity index (χ2n) is 4.59. The Balaban J connectivity index is 1.86. The highest BCUT2D eigenvalue weighted by molar-refractivity contribution is 7.12. The molecule has 1 atom stereocenters. The van der Waals surface area contributed by atoms with E-state index in [-0.39, 0.29) is 6.10 Å². The number of benzene rings is 1.